The fraction of sp³-hybridized carbons (Fsp3) is 0.381. The second kappa shape index (κ2) is 7.47. The van der Waals surface area contributed by atoms with E-state index in [1.54, 1.807) is 18.2 Å². The predicted molar refractivity (Wildman–Crippen MR) is 113 cm³/mol. The summed E-state index contributed by atoms with van der Waals surface area (Å²) in [5.41, 5.74) is 1.36. The van der Waals surface area contributed by atoms with E-state index in [9.17, 15) is 18.3 Å². The number of hydrogen-bond acceptors (Lipinski definition) is 3. The minimum absolute atomic E-state index is 0.0491. The van der Waals surface area contributed by atoms with Crippen LogP contribution in [0.15, 0.2) is 48.5 Å². The van der Waals surface area contributed by atoms with Crippen LogP contribution in [0.5, 0.6) is 0 Å². The minimum atomic E-state index is -4.41. The summed E-state index contributed by atoms with van der Waals surface area (Å²) >= 11 is 0. The largest absolute Gasteiger partial charge is 0.464 e. The monoisotopic (exact) mass is 404 g/mol. The Morgan fingerprint density at radius 1 is 0.857 bits per heavy atom. The Balaban J connectivity index is 2.67. The molecule has 2 rings (SSSR count). The van der Waals surface area contributed by atoms with Gasteiger partial charge in [-0.15, -0.1) is 0 Å². The van der Waals surface area contributed by atoms with Gasteiger partial charge in [0.1, 0.15) is 0 Å². The van der Waals surface area contributed by atoms with Gasteiger partial charge in [0.2, 0.25) is 0 Å². The van der Waals surface area contributed by atoms with Crippen molar-refractivity contribution in [2.24, 2.45) is 0 Å². The highest BCUT2D eigenvalue weighted by Crippen LogP contribution is 2.38. The lowest BCUT2D eigenvalue weighted by atomic mass is 9.79. The van der Waals surface area contributed by atoms with Crippen LogP contribution in [0.2, 0.25) is 0 Å². The molecule has 0 saturated heterocycles. The van der Waals surface area contributed by atoms with Gasteiger partial charge in [0, 0.05) is 0 Å². The van der Waals surface area contributed by atoms with Gasteiger partial charge in [-0.1, -0.05) is 77.9 Å². The van der Waals surface area contributed by atoms with Crippen LogP contribution in [0.25, 0.3) is 0 Å². The molecule has 6 nitrogen and oxygen atoms in total. The molecule has 0 atom stereocenters. The van der Waals surface area contributed by atoms with Crippen LogP contribution in [-0.4, -0.2) is 19.6 Å². The van der Waals surface area contributed by atoms with Crippen molar-refractivity contribution in [3.63, 3.8) is 0 Å². The molecule has 0 saturated carbocycles. The number of hydrogen-bond donors (Lipinski definition) is 2. The number of nitrogens with zero attached hydrogens (tertiary/aromatic N) is 1. The molecule has 0 heterocycles. The lowest BCUT2D eigenvalue weighted by Gasteiger charge is -2.31. The third-order valence-corrected chi connectivity index (χ3v) is 5.63. The number of amides is 1. The summed E-state index contributed by atoms with van der Waals surface area (Å²) in [6, 6.07) is 13.4. The molecule has 28 heavy (non-hydrogen) atoms. The molecule has 2 aromatic rings. The van der Waals surface area contributed by atoms with Crippen molar-refractivity contribution < 1.29 is 18.3 Å². The van der Waals surface area contributed by atoms with E-state index >= 15 is 0 Å². The van der Waals surface area contributed by atoms with Crippen molar-refractivity contribution in [3.05, 3.63) is 59.7 Å². The summed E-state index contributed by atoms with van der Waals surface area (Å²) < 4.78 is 29.2. The first-order valence-electron chi connectivity index (χ1n) is 9.00. The van der Waals surface area contributed by atoms with Crippen molar-refractivity contribution in [2.45, 2.75) is 52.4 Å². The molecule has 0 radical (unpaired) electrons. The number of para-hydroxylation sites is 2. The lowest BCUT2D eigenvalue weighted by molar-refractivity contribution is 0.206. The van der Waals surface area contributed by atoms with E-state index in [1.807, 2.05) is 59.7 Å². The Bertz CT molecular complexity index is 924. The molecule has 0 spiro atoms. The number of anilines is 2. The average Bonchev–Trinajstić information content (AvgIpc) is 2.52. The molecule has 0 aromatic heterocycles. The number of nitrogens with one attached hydrogen (secondary N) is 1. The quantitative estimate of drug-likeness (QED) is 0.740. The van der Waals surface area contributed by atoms with Gasteiger partial charge < -0.3 is 5.11 Å². The van der Waals surface area contributed by atoms with Gasteiger partial charge >= 0.3 is 16.3 Å². The van der Waals surface area contributed by atoms with Gasteiger partial charge in [-0.05, 0) is 34.1 Å². The van der Waals surface area contributed by atoms with Crippen LogP contribution in [0.3, 0.4) is 0 Å². The molecule has 152 valence electrons. The highest BCUT2D eigenvalue weighted by molar-refractivity contribution is 7.94. The van der Waals surface area contributed by atoms with Crippen LogP contribution in [0.4, 0.5) is 16.2 Å². The fourth-order valence-corrected chi connectivity index (χ4v) is 4.18. The third kappa shape index (κ3) is 4.65. The van der Waals surface area contributed by atoms with Gasteiger partial charge in [-0.2, -0.15) is 12.7 Å². The van der Waals surface area contributed by atoms with Crippen molar-refractivity contribution in [1.29, 1.82) is 0 Å². The molecule has 2 N–H and O–H groups in total. The number of rotatable bonds is 4. The van der Waals surface area contributed by atoms with E-state index in [1.165, 1.54) is 12.1 Å². The Labute approximate surface area is 167 Å². The first kappa shape index (κ1) is 21.8. The fourth-order valence-electron chi connectivity index (χ4n) is 3.00. The highest BCUT2D eigenvalue weighted by atomic mass is 32.2. The summed E-state index contributed by atoms with van der Waals surface area (Å²) in [6.07, 6.45) is -1.58. The van der Waals surface area contributed by atoms with Crippen molar-refractivity contribution in [1.82, 2.24) is 0 Å². The predicted octanol–water partition coefficient (Wildman–Crippen LogP) is 5.12. The summed E-state index contributed by atoms with van der Waals surface area (Å²) in [5.74, 6) is 0. The molecule has 0 aliphatic carbocycles. The molecule has 0 aliphatic heterocycles. The summed E-state index contributed by atoms with van der Waals surface area (Å²) in [6.45, 7) is 11.9. The number of benzene rings is 2. The molecule has 0 fully saturated rings. The van der Waals surface area contributed by atoms with Crippen molar-refractivity contribution in [2.75, 3.05) is 9.03 Å². The Kier molecular flexibility index (Phi) is 5.80. The second-order valence-electron chi connectivity index (χ2n) is 8.72. The minimum Gasteiger partial charge on any atom is -0.464 e. The summed E-state index contributed by atoms with van der Waals surface area (Å²) in [5, 5.41) is 9.61. The van der Waals surface area contributed by atoms with Crippen LogP contribution in [0, 0.1) is 0 Å². The molecule has 0 aliphatic rings. The van der Waals surface area contributed by atoms with Gasteiger partial charge in [0.25, 0.3) is 0 Å². The Morgan fingerprint density at radius 3 is 1.71 bits per heavy atom. The zero-order valence-corrected chi connectivity index (χ0v) is 18.0. The van der Waals surface area contributed by atoms with E-state index in [-0.39, 0.29) is 16.5 Å². The maximum absolute atomic E-state index is 13.1. The maximum Gasteiger partial charge on any atom is 0.427 e. The second-order valence-corrected chi connectivity index (χ2v) is 10.2. The van der Waals surface area contributed by atoms with Crippen LogP contribution >= 0.6 is 0 Å². The summed E-state index contributed by atoms with van der Waals surface area (Å²) in [7, 11) is -4.41. The van der Waals surface area contributed by atoms with E-state index in [4.69, 9.17) is 0 Å². The van der Waals surface area contributed by atoms with Gasteiger partial charge in [-0.3, -0.25) is 4.72 Å². The SMILES string of the molecule is CC(C)(C)c1cccc(C(C)(C)C)c1NS(=O)(=O)N(C(=O)O)c1ccccc1. The van der Waals surface area contributed by atoms with E-state index < -0.39 is 16.3 Å². The van der Waals surface area contributed by atoms with Gasteiger partial charge in [-0.25, -0.2) is 4.79 Å². The molecule has 7 heteroatoms. The molecule has 2 aromatic carbocycles. The topological polar surface area (TPSA) is 86.7 Å². The first-order chi connectivity index (χ1) is 12.7. The normalized spacial score (nSPS) is 12.5. The standard InChI is InChI=1S/C21H28N2O4S/c1-20(2,3)16-13-10-14-17(21(4,5)6)18(16)22-28(26,27)23(19(24)25)15-11-8-7-9-12-15/h7-14,22H,1-6H3,(H,24,25). The summed E-state index contributed by atoms with van der Waals surface area (Å²) in [4.78, 5) is 11.8. The van der Waals surface area contributed by atoms with Crippen LogP contribution in [-0.2, 0) is 21.0 Å². The molecular weight excluding hydrogens is 376 g/mol. The van der Waals surface area contributed by atoms with Crippen molar-refractivity contribution >= 4 is 27.7 Å². The number of carboxylic acid groups (broad SMARTS) is 1. The molecular formula is C21H28N2O4S. The third-order valence-electron chi connectivity index (χ3n) is 4.32. The van der Waals surface area contributed by atoms with E-state index in [2.05, 4.69) is 4.72 Å². The zero-order valence-electron chi connectivity index (χ0n) is 17.1. The van der Waals surface area contributed by atoms with E-state index in [0.717, 1.165) is 11.1 Å². The zero-order chi connectivity index (χ0) is 21.3. The molecule has 1 amide bonds. The maximum atomic E-state index is 13.1. The van der Waals surface area contributed by atoms with Crippen molar-refractivity contribution in [3.8, 4) is 0 Å². The van der Waals surface area contributed by atoms with Gasteiger partial charge in [0.15, 0.2) is 0 Å². The smallest absolute Gasteiger partial charge is 0.427 e. The lowest BCUT2D eigenvalue weighted by Crippen LogP contribution is -2.40. The molecule has 0 bridgehead atoms. The Morgan fingerprint density at radius 2 is 1.32 bits per heavy atom. The number of carbonyl (C=O) groups is 1. The Hall–Kier alpha value is -2.54. The first-order valence-corrected chi connectivity index (χ1v) is 10.4. The van der Waals surface area contributed by atoms with Crippen LogP contribution in [0.1, 0.15) is 52.7 Å². The van der Waals surface area contributed by atoms with Gasteiger partial charge in [0.05, 0.1) is 11.4 Å². The van der Waals surface area contributed by atoms with E-state index in [0.29, 0.717) is 9.99 Å². The van der Waals surface area contributed by atoms with Crippen LogP contribution < -0.4 is 9.03 Å². The average molecular weight is 405 g/mol. The molecule has 0 unspecified atom stereocenters. The highest BCUT2D eigenvalue weighted by Gasteiger charge is 2.33.